The Morgan fingerprint density at radius 2 is 2.00 bits per heavy atom. The number of hydrogen-bond donors (Lipinski definition) is 1. The maximum absolute atomic E-state index is 11.1. The maximum Gasteiger partial charge on any atom is 0.305 e. The van der Waals surface area contributed by atoms with E-state index in [-0.39, 0.29) is 18.4 Å². The molecular weight excluding hydrogens is 158 g/mol. The molecule has 1 atom stereocenters. The molecule has 0 aliphatic rings. The lowest BCUT2D eigenvalue weighted by molar-refractivity contribution is -0.139. The summed E-state index contributed by atoms with van der Waals surface area (Å²) in [5.74, 6) is -0.901. The van der Waals surface area contributed by atoms with Gasteiger partial charge < -0.3 is 10.0 Å². The summed E-state index contributed by atoms with van der Waals surface area (Å²) in [6.45, 7) is 3.48. The lowest BCUT2D eigenvalue weighted by atomic mass is 10.2. The van der Waals surface area contributed by atoms with E-state index in [1.807, 2.05) is 0 Å². The van der Waals surface area contributed by atoms with Gasteiger partial charge >= 0.3 is 5.97 Å². The van der Waals surface area contributed by atoms with Crippen LogP contribution in [0.25, 0.3) is 0 Å². The Morgan fingerprint density at radius 1 is 1.50 bits per heavy atom. The lowest BCUT2D eigenvalue weighted by Gasteiger charge is -2.22. The average molecular weight is 173 g/mol. The van der Waals surface area contributed by atoms with Crippen molar-refractivity contribution in [2.24, 2.45) is 0 Å². The molecule has 1 N–H and O–H groups in total. The normalized spacial score (nSPS) is 12.2. The van der Waals surface area contributed by atoms with Crippen LogP contribution in [0.1, 0.15) is 26.7 Å². The molecule has 0 aromatic heterocycles. The zero-order valence-electron chi connectivity index (χ0n) is 7.70. The van der Waals surface area contributed by atoms with E-state index < -0.39 is 5.97 Å². The van der Waals surface area contributed by atoms with Crippen LogP contribution in [0.4, 0.5) is 0 Å². The minimum Gasteiger partial charge on any atom is -0.481 e. The van der Waals surface area contributed by atoms with Crippen LogP contribution in [-0.2, 0) is 9.59 Å². The van der Waals surface area contributed by atoms with Crippen molar-refractivity contribution in [2.45, 2.75) is 32.7 Å². The Kier molecular flexibility index (Phi) is 4.33. The van der Waals surface area contributed by atoms with E-state index in [1.54, 1.807) is 20.9 Å². The Labute approximate surface area is 72.2 Å². The molecule has 12 heavy (non-hydrogen) atoms. The van der Waals surface area contributed by atoms with Gasteiger partial charge in [-0.3, -0.25) is 9.59 Å². The van der Waals surface area contributed by atoms with E-state index in [4.69, 9.17) is 5.11 Å². The number of hydrogen-bond acceptors (Lipinski definition) is 2. The third-order valence-corrected chi connectivity index (χ3v) is 1.83. The van der Waals surface area contributed by atoms with Gasteiger partial charge in [0.25, 0.3) is 0 Å². The van der Waals surface area contributed by atoms with Crippen molar-refractivity contribution < 1.29 is 14.7 Å². The summed E-state index contributed by atoms with van der Waals surface area (Å²) in [7, 11) is 1.62. The van der Waals surface area contributed by atoms with E-state index >= 15 is 0 Å². The van der Waals surface area contributed by atoms with Crippen LogP contribution in [0.3, 0.4) is 0 Å². The Bertz CT molecular complexity index is 179. The van der Waals surface area contributed by atoms with Crippen molar-refractivity contribution >= 4 is 11.9 Å². The first-order valence-electron chi connectivity index (χ1n) is 3.96. The molecule has 1 amide bonds. The molecule has 0 heterocycles. The van der Waals surface area contributed by atoms with Gasteiger partial charge in [0.2, 0.25) is 5.91 Å². The lowest BCUT2D eigenvalue weighted by Crippen LogP contribution is -2.35. The van der Waals surface area contributed by atoms with Crippen molar-refractivity contribution in [2.75, 3.05) is 7.05 Å². The van der Waals surface area contributed by atoms with Crippen LogP contribution < -0.4 is 0 Å². The number of rotatable bonds is 4. The average Bonchev–Trinajstić information content (AvgIpc) is 2.00. The zero-order valence-corrected chi connectivity index (χ0v) is 7.70. The second kappa shape index (κ2) is 4.74. The topological polar surface area (TPSA) is 57.6 Å². The fourth-order valence-corrected chi connectivity index (χ4v) is 0.885. The maximum atomic E-state index is 11.1. The molecule has 0 aromatic rings. The second-order valence-electron chi connectivity index (χ2n) is 2.81. The fraction of sp³-hybridized carbons (Fsp3) is 0.750. The minimum atomic E-state index is -0.877. The molecule has 0 spiro atoms. The first-order chi connectivity index (χ1) is 5.49. The molecule has 0 radical (unpaired) electrons. The summed E-state index contributed by atoms with van der Waals surface area (Å²) < 4.78 is 0. The highest BCUT2D eigenvalue weighted by atomic mass is 16.4. The monoisotopic (exact) mass is 173 g/mol. The molecule has 0 bridgehead atoms. The molecular formula is C8H15NO3. The van der Waals surface area contributed by atoms with Gasteiger partial charge in [-0.25, -0.2) is 0 Å². The molecule has 0 saturated carbocycles. The van der Waals surface area contributed by atoms with Crippen LogP contribution in [0.15, 0.2) is 0 Å². The molecule has 0 aliphatic carbocycles. The van der Waals surface area contributed by atoms with Gasteiger partial charge in [-0.2, -0.15) is 0 Å². The van der Waals surface area contributed by atoms with Gasteiger partial charge in [0.1, 0.15) is 0 Å². The number of aliphatic carboxylic acids is 1. The molecule has 0 saturated heterocycles. The molecule has 4 nitrogen and oxygen atoms in total. The number of nitrogens with zero attached hydrogens (tertiary/aromatic N) is 1. The summed E-state index contributed by atoms with van der Waals surface area (Å²) in [4.78, 5) is 22.8. The van der Waals surface area contributed by atoms with Crippen LogP contribution in [0, 0.1) is 0 Å². The summed E-state index contributed by atoms with van der Waals surface area (Å²) >= 11 is 0. The predicted molar refractivity (Wildman–Crippen MR) is 44.8 cm³/mol. The minimum absolute atomic E-state index is 0.00222. The van der Waals surface area contributed by atoms with Gasteiger partial charge in [0, 0.05) is 19.5 Å². The van der Waals surface area contributed by atoms with E-state index in [0.29, 0.717) is 6.42 Å². The predicted octanol–water partition coefficient (Wildman–Crippen LogP) is 0.718. The Balaban J connectivity index is 4.00. The van der Waals surface area contributed by atoms with Crippen molar-refractivity contribution in [3.05, 3.63) is 0 Å². The first kappa shape index (κ1) is 10.9. The number of carboxylic acids is 1. The highest BCUT2D eigenvalue weighted by molar-refractivity contribution is 5.76. The number of amides is 1. The van der Waals surface area contributed by atoms with Gasteiger partial charge in [0.05, 0.1) is 6.42 Å². The van der Waals surface area contributed by atoms with Gasteiger partial charge in [-0.1, -0.05) is 6.92 Å². The van der Waals surface area contributed by atoms with Crippen LogP contribution in [0.2, 0.25) is 0 Å². The molecule has 4 heteroatoms. The molecule has 0 fully saturated rings. The van der Waals surface area contributed by atoms with Crippen molar-refractivity contribution in [3.8, 4) is 0 Å². The van der Waals surface area contributed by atoms with Gasteiger partial charge in [-0.05, 0) is 6.92 Å². The zero-order chi connectivity index (χ0) is 9.72. The second-order valence-corrected chi connectivity index (χ2v) is 2.81. The fourth-order valence-electron chi connectivity index (χ4n) is 0.885. The van der Waals surface area contributed by atoms with Crippen LogP contribution in [0.5, 0.6) is 0 Å². The third-order valence-electron chi connectivity index (χ3n) is 1.83. The smallest absolute Gasteiger partial charge is 0.305 e. The Morgan fingerprint density at radius 3 is 2.33 bits per heavy atom. The summed E-state index contributed by atoms with van der Waals surface area (Å²) in [6.07, 6.45) is 0.419. The number of carbonyl (C=O) groups is 2. The summed E-state index contributed by atoms with van der Waals surface area (Å²) in [5, 5.41) is 8.45. The molecule has 1 unspecified atom stereocenters. The Hall–Kier alpha value is -1.06. The molecule has 0 aromatic carbocycles. The van der Waals surface area contributed by atoms with Crippen LogP contribution >= 0.6 is 0 Å². The highest BCUT2D eigenvalue weighted by Gasteiger charge is 2.16. The molecule has 0 rings (SSSR count). The quantitative estimate of drug-likeness (QED) is 0.681. The van der Waals surface area contributed by atoms with Crippen molar-refractivity contribution in [1.82, 2.24) is 4.90 Å². The van der Waals surface area contributed by atoms with Crippen molar-refractivity contribution in [1.29, 1.82) is 0 Å². The van der Waals surface area contributed by atoms with E-state index in [0.717, 1.165) is 0 Å². The highest BCUT2D eigenvalue weighted by Crippen LogP contribution is 2.02. The van der Waals surface area contributed by atoms with E-state index in [2.05, 4.69) is 0 Å². The first-order valence-corrected chi connectivity index (χ1v) is 3.96. The standard InChI is InChI=1S/C8H15NO3/c1-4-7(10)9(3)6(2)5-8(11)12/h6H,4-5H2,1-3H3,(H,11,12). The summed E-state index contributed by atoms with van der Waals surface area (Å²) in [5.41, 5.74) is 0. The molecule has 0 aliphatic heterocycles. The third kappa shape index (κ3) is 3.37. The van der Waals surface area contributed by atoms with Gasteiger partial charge in [0.15, 0.2) is 0 Å². The van der Waals surface area contributed by atoms with E-state index in [9.17, 15) is 9.59 Å². The molecule has 70 valence electrons. The summed E-state index contributed by atoms with van der Waals surface area (Å²) in [6, 6.07) is -0.227. The number of carboxylic acid groups (broad SMARTS) is 1. The number of carbonyl (C=O) groups excluding carboxylic acids is 1. The van der Waals surface area contributed by atoms with Crippen molar-refractivity contribution in [3.63, 3.8) is 0 Å². The van der Waals surface area contributed by atoms with Crippen LogP contribution in [-0.4, -0.2) is 35.0 Å². The van der Waals surface area contributed by atoms with E-state index in [1.165, 1.54) is 4.90 Å². The van der Waals surface area contributed by atoms with Gasteiger partial charge in [-0.15, -0.1) is 0 Å². The SMILES string of the molecule is CCC(=O)N(C)C(C)CC(=O)O. The largest absolute Gasteiger partial charge is 0.481 e.